The zero-order valence-electron chi connectivity index (χ0n) is 10.1. The lowest BCUT2D eigenvalue weighted by Crippen LogP contribution is -2.24. The van der Waals surface area contributed by atoms with Gasteiger partial charge in [-0.05, 0) is 37.9 Å². The molecule has 1 aliphatic heterocycles. The minimum Gasteiger partial charge on any atom is -0.495 e. The van der Waals surface area contributed by atoms with Crippen molar-refractivity contribution >= 4 is 5.69 Å². The van der Waals surface area contributed by atoms with Crippen molar-refractivity contribution in [1.29, 1.82) is 0 Å². The van der Waals surface area contributed by atoms with Crippen LogP contribution in [0.25, 0.3) is 0 Å². The molecule has 1 unspecified atom stereocenters. The molecule has 0 bridgehead atoms. The average Bonchev–Trinajstić information content (AvgIpc) is 2.82. The van der Waals surface area contributed by atoms with Gasteiger partial charge in [0.15, 0.2) is 0 Å². The molecule has 0 aromatic heterocycles. The number of halogens is 1. The summed E-state index contributed by atoms with van der Waals surface area (Å²) in [5.41, 5.74) is 0.727. The van der Waals surface area contributed by atoms with Crippen LogP contribution in [-0.2, 0) is 0 Å². The van der Waals surface area contributed by atoms with E-state index in [4.69, 9.17) is 4.74 Å². The van der Waals surface area contributed by atoms with Gasteiger partial charge >= 0.3 is 0 Å². The van der Waals surface area contributed by atoms with Crippen molar-refractivity contribution in [2.24, 2.45) is 0 Å². The second-order valence-corrected chi connectivity index (χ2v) is 4.35. The molecule has 0 amide bonds. The van der Waals surface area contributed by atoms with Crippen LogP contribution in [0.4, 0.5) is 10.1 Å². The highest BCUT2D eigenvalue weighted by Crippen LogP contribution is 2.24. The van der Waals surface area contributed by atoms with E-state index in [9.17, 15) is 4.39 Å². The molecule has 1 aliphatic rings. The number of hydrogen-bond acceptors (Lipinski definition) is 3. The summed E-state index contributed by atoms with van der Waals surface area (Å²) in [7, 11) is 1.59. The van der Waals surface area contributed by atoms with Crippen molar-refractivity contribution in [2.75, 3.05) is 25.5 Å². The summed E-state index contributed by atoms with van der Waals surface area (Å²) in [6, 6.07) is 5.12. The topological polar surface area (TPSA) is 33.3 Å². The van der Waals surface area contributed by atoms with E-state index in [-0.39, 0.29) is 5.82 Å². The Bertz CT molecular complexity index is 364. The van der Waals surface area contributed by atoms with E-state index in [0.29, 0.717) is 11.8 Å². The molecule has 4 heteroatoms. The van der Waals surface area contributed by atoms with E-state index in [1.54, 1.807) is 13.2 Å². The van der Waals surface area contributed by atoms with Gasteiger partial charge in [-0.1, -0.05) is 0 Å². The Morgan fingerprint density at radius 3 is 3.12 bits per heavy atom. The number of anilines is 1. The lowest BCUT2D eigenvalue weighted by atomic mass is 10.1. The fourth-order valence-corrected chi connectivity index (χ4v) is 2.20. The highest BCUT2D eigenvalue weighted by Gasteiger charge is 2.13. The molecule has 3 nitrogen and oxygen atoms in total. The Morgan fingerprint density at radius 2 is 2.41 bits per heavy atom. The van der Waals surface area contributed by atoms with Gasteiger partial charge in [-0.3, -0.25) is 0 Å². The Morgan fingerprint density at radius 1 is 1.53 bits per heavy atom. The van der Waals surface area contributed by atoms with Crippen molar-refractivity contribution < 1.29 is 9.13 Å². The van der Waals surface area contributed by atoms with Gasteiger partial charge in [0.2, 0.25) is 0 Å². The highest BCUT2D eigenvalue weighted by atomic mass is 19.1. The SMILES string of the molecule is COc1ccc(F)cc1NCCC1CCCN1. The molecular formula is C13H19FN2O. The van der Waals surface area contributed by atoms with Gasteiger partial charge in [-0.25, -0.2) is 4.39 Å². The molecule has 0 saturated carbocycles. The molecule has 17 heavy (non-hydrogen) atoms. The second kappa shape index (κ2) is 5.87. The van der Waals surface area contributed by atoms with E-state index in [2.05, 4.69) is 10.6 Å². The number of nitrogens with one attached hydrogen (secondary N) is 2. The summed E-state index contributed by atoms with van der Waals surface area (Å²) in [6.07, 6.45) is 3.55. The molecule has 94 valence electrons. The number of rotatable bonds is 5. The lowest BCUT2D eigenvalue weighted by Gasteiger charge is -2.14. The summed E-state index contributed by atoms with van der Waals surface area (Å²) in [5.74, 6) is 0.443. The smallest absolute Gasteiger partial charge is 0.142 e. The molecule has 1 aromatic rings. The largest absolute Gasteiger partial charge is 0.495 e. The molecule has 2 N–H and O–H groups in total. The summed E-state index contributed by atoms with van der Waals surface area (Å²) in [6.45, 7) is 1.95. The Kier molecular flexibility index (Phi) is 4.20. The van der Waals surface area contributed by atoms with Crippen molar-refractivity contribution in [1.82, 2.24) is 5.32 Å². The van der Waals surface area contributed by atoms with Crippen molar-refractivity contribution in [3.8, 4) is 5.75 Å². The van der Waals surface area contributed by atoms with E-state index in [1.807, 2.05) is 0 Å². The summed E-state index contributed by atoms with van der Waals surface area (Å²) >= 11 is 0. The van der Waals surface area contributed by atoms with E-state index < -0.39 is 0 Å². The third-order valence-electron chi connectivity index (χ3n) is 3.13. The number of benzene rings is 1. The first-order valence-corrected chi connectivity index (χ1v) is 6.10. The minimum absolute atomic E-state index is 0.243. The fourth-order valence-electron chi connectivity index (χ4n) is 2.20. The maximum absolute atomic E-state index is 13.1. The zero-order valence-corrected chi connectivity index (χ0v) is 10.1. The van der Waals surface area contributed by atoms with Gasteiger partial charge < -0.3 is 15.4 Å². The molecule has 1 atom stereocenters. The van der Waals surface area contributed by atoms with Gasteiger partial charge in [0.25, 0.3) is 0 Å². The molecule has 1 saturated heterocycles. The van der Waals surface area contributed by atoms with Crippen LogP contribution in [0.5, 0.6) is 5.75 Å². The van der Waals surface area contributed by atoms with Gasteiger partial charge in [-0.15, -0.1) is 0 Å². The molecule has 1 fully saturated rings. The second-order valence-electron chi connectivity index (χ2n) is 4.35. The van der Waals surface area contributed by atoms with Gasteiger partial charge in [0, 0.05) is 18.7 Å². The Hall–Kier alpha value is -1.29. The minimum atomic E-state index is -0.243. The summed E-state index contributed by atoms with van der Waals surface area (Å²) in [5, 5.41) is 6.66. The predicted molar refractivity (Wildman–Crippen MR) is 67.1 cm³/mol. The molecule has 0 aliphatic carbocycles. The summed E-state index contributed by atoms with van der Waals surface area (Å²) < 4.78 is 18.3. The molecule has 1 aromatic carbocycles. The van der Waals surface area contributed by atoms with Gasteiger partial charge in [0.1, 0.15) is 11.6 Å². The van der Waals surface area contributed by atoms with Crippen LogP contribution in [0.3, 0.4) is 0 Å². The molecule has 1 heterocycles. The van der Waals surface area contributed by atoms with E-state index >= 15 is 0 Å². The number of methoxy groups -OCH3 is 1. The lowest BCUT2D eigenvalue weighted by molar-refractivity contribution is 0.415. The van der Waals surface area contributed by atoms with E-state index in [1.165, 1.54) is 25.0 Å². The molecule has 0 spiro atoms. The first-order valence-electron chi connectivity index (χ1n) is 6.10. The van der Waals surface area contributed by atoms with Crippen molar-refractivity contribution in [3.63, 3.8) is 0 Å². The van der Waals surface area contributed by atoms with Crippen LogP contribution in [0.2, 0.25) is 0 Å². The Labute approximate surface area is 101 Å². The van der Waals surface area contributed by atoms with Crippen LogP contribution < -0.4 is 15.4 Å². The van der Waals surface area contributed by atoms with Crippen LogP contribution in [0, 0.1) is 5.82 Å². The van der Waals surface area contributed by atoms with Gasteiger partial charge in [-0.2, -0.15) is 0 Å². The van der Waals surface area contributed by atoms with Crippen LogP contribution >= 0.6 is 0 Å². The molecule has 2 rings (SSSR count). The molecule has 0 radical (unpaired) electrons. The first-order chi connectivity index (χ1) is 8.29. The van der Waals surface area contributed by atoms with Crippen molar-refractivity contribution in [2.45, 2.75) is 25.3 Å². The molecular weight excluding hydrogens is 219 g/mol. The van der Waals surface area contributed by atoms with Crippen LogP contribution in [0.1, 0.15) is 19.3 Å². The maximum atomic E-state index is 13.1. The van der Waals surface area contributed by atoms with Crippen LogP contribution in [-0.4, -0.2) is 26.2 Å². The van der Waals surface area contributed by atoms with Gasteiger partial charge in [0.05, 0.1) is 12.8 Å². The first kappa shape index (κ1) is 12.2. The number of ether oxygens (including phenoxy) is 1. The highest BCUT2D eigenvalue weighted by molar-refractivity contribution is 5.56. The fraction of sp³-hybridized carbons (Fsp3) is 0.538. The van der Waals surface area contributed by atoms with Crippen molar-refractivity contribution in [3.05, 3.63) is 24.0 Å². The predicted octanol–water partition coefficient (Wildman–Crippen LogP) is 2.39. The quantitative estimate of drug-likeness (QED) is 0.826. The third kappa shape index (κ3) is 3.33. The average molecular weight is 238 g/mol. The number of hydrogen-bond donors (Lipinski definition) is 2. The normalized spacial score (nSPS) is 19.3. The Balaban J connectivity index is 1.86. The van der Waals surface area contributed by atoms with E-state index in [0.717, 1.165) is 25.2 Å². The monoisotopic (exact) mass is 238 g/mol. The summed E-state index contributed by atoms with van der Waals surface area (Å²) in [4.78, 5) is 0. The zero-order chi connectivity index (χ0) is 12.1. The standard InChI is InChI=1S/C13H19FN2O/c1-17-13-5-4-10(14)9-12(13)16-8-6-11-3-2-7-15-11/h4-5,9,11,15-16H,2-3,6-8H2,1H3. The maximum Gasteiger partial charge on any atom is 0.142 e. The van der Waals surface area contributed by atoms with Crippen LogP contribution in [0.15, 0.2) is 18.2 Å². The third-order valence-corrected chi connectivity index (χ3v) is 3.13.